The topological polar surface area (TPSA) is 39.3 Å². The van der Waals surface area contributed by atoms with Gasteiger partial charge in [0.15, 0.2) is 0 Å². The van der Waals surface area contributed by atoms with Crippen LogP contribution in [0.5, 0.6) is 0 Å². The van der Waals surface area contributed by atoms with Gasteiger partial charge in [0.2, 0.25) is 0 Å². The SMILES string of the molecule is O=C(N1CCOCC1)N1CCN(CCN2CCCC2)c2ccccc21. The number of hydrogen-bond acceptors (Lipinski definition) is 4. The summed E-state index contributed by atoms with van der Waals surface area (Å²) in [5.41, 5.74) is 2.24. The minimum Gasteiger partial charge on any atom is -0.378 e. The third-order valence-corrected chi connectivity index (χ3v) is 5.50. The van der Waals surface area contributed by atoms with Crippen LogP contribution in [-0.4, -0.2) is 81.4 Å². The van der Waals surface area contributed by atoms with Gasteiger partial charge in [0.1, 0.15) is 0 Å². The Balaban J connectivity index is 1.47. The van der Waals surface area contributed by atoms with E-state index in [-0.39, 0.29) is 6.03 Å². The van der Waals surface area contributed by atoms with Crippen LogP contribution in [0.2, 0.25) is 0 Å². The number of carbonyl (C=O) groups excluding carboxylic acids is 1. The Hall–Kier alpha value is -1.79. The van der Waals surface area contributed by atoms with Crippen LogP contribution in [0.25, 0.3) is 0 Å². The molecule has 0 spiro atoms. The predicted molar refractivity (Wildman–Crippen MR) is 99.5 cm³/mol. The van der Waals surface area contributed by atoms with Gasteiger partial charge in [0.25, 0.3) is 0 Å². The summed E-state index contributed by atoms with van der Waals surface area (Å²) in [6.07, 6.45) is 2.66. The molecule has 3 heterocycles. The van der Waals surface area contributed by atoms with Crippen molar-refractivity contribution in [1.29, 1.82) is 0 Å². The van der Waals surface area contributed by atoms with E-state index in [1.54, 1.807) is 0 Å². The van der Waals surface area contributed by atoms with E-state index in [0.29, 0.717) is 26.3 Å². The molecule has 6 nitrogen and oxygen atoms in total. The molecule has 0 aromatic heterocycles. The minimum atomic E-state index is 0.120. The van der Waals surface area contributed by atoms with Crippen LogP contribution in [0.4, 0.5) is 16.2 Å². The number of likely N-dealkylation sites (tertiary alicyclic amines) is 1. The smallest absolute Gasteiger partial charge is 0.324 e. The predicted octanol–water partition coefficient (Wildman–Crippen LogP) is 1.86. The monoisotopic (exact) mass is 344 g/mol. The fourth-order valence-corrected chi connectivity index (χ4v) is 4.05. The molecule has 0 radical (unpaired) electrons. The quantitative estimate of drug-likeness (QED) is 0.839. The molecular formula is C19H28N4O2. The molecule has 0 bridgehead atoms. The number of benzene rings is 1. The lowest BCUT2D eigenvalue weighted by atomic mass is 10.1. The Morgan fingerprint density at radius 3 is 2.36 bits per heavy atom. The Labute approximate surface area is 149 Å². The Kier molecular flexibility index (Phi) is 5.08. The maximum Gasteiger partial charge on any atom is 0.324 e. The summed E-state index contributed by atoms with van der Waals surface area (Å²) in [5, 5.41) is 0. The van der Waals surface area contributed by atoms with Crippen LogP contribution in [0, 0.1) is 0 Å². The number of para-hydroxylation sites is 2. The number of fused-ring (bicyclic) bond motifs is 1. The number of carbonyl (C=O) groups is 1. The molecule has 3 aliphatic rings. The number of ether oxygens (including phenoxy) is 1. The van der Waals surface area contributed by atoms with Crippen LogP contribution < -0.4 is 9.80 Å². The number of anilines is 2. The standard InChI is InChI=1S/C19H28N4O2/c24-19(22-13-15-25-16-14-22)23-12-11-21(10-9-20-7-3-4-8-20)17-5-1-2-6-18(17)23/h1-2,5-6H,3-4,7-16H2. The van der Waals surface area contributed by atoms with E-state index >= 15 is 0 Å². The highest BCUT2D eigenvalue weighted by Gasteiger charge is 2.30. The van der Waals surface area contributed by atoms with Crippen molar-refractivity contribution < 1.29 is 9.53 Å². The van der Waals surface area contributed by atoms with Crippen molar-refractivity contribution in [1.82, 2.24) is 9.80 Å². The van der Waals surface area contributed by atoms with Crippen LogP contribution in [0.1, 0.15) is 12.8 Å². The van der Waals surface area contributed by atoms with Gasteiger partial charge in [0, 0.05) is 39.3 Å². The lowest BCUT2D eigenvalue weighted by Crippen LogP contribution is -2.53. The van der Waals surface area contributed by atoms with E-state index in [1.165, 1.54) is 31.6 Å². The van der Waals surface area contributed by atoms with Gasteiger partial charge in [-0.25, -0.2) is 4.79 Å². The van der Waals surface area contributed by atoms with Crippen molar-refractivity contribution in [2.45, 2.75) is 12.8 Å². The number of nitrogens with zero attached hydrogens (tertiary/aromatic N) is 4. The van der Waals surface area contributed by atoms with Crippen LogP contribution in [0.15, 0.2) is 24.3 Å². The normalized spacial score (nSPS) is 21.5. The summed E-state index contributed by atoms with van der Waals surface area (Å²) in [6.45, 7) is 8.95. The Morgan fingerprint density at radius 1 is 0.880 bits per heavy atom. The molecule has 6 heteroatoms. The Bertz CT molecular complexity index is 597. The highest BCUT2D eigenvalue weighted by molar-refractivity contribution is 5.96. The molecule has 0 atom stereocenters. The second-order valence-electron chi connectivity index (χ2n) is 7.06. The first-order chi connectivity index (χ1) is 12.3. The summed E-state index contributed by atoms with van der Waals surface area (Å²) >= 11 is 0. The van der Waals surface area contributed by atoms with Crippen molar-refractivity contribution >= 4 is 17.4 Å². The maximum atomic E-state index is 13.0. The zero-order chi connectivity index (χ0) is 17.1. The molecule has 2 fully saturated rings. The number of morpholine rings is 1. The van der Waals surface area contributed by atoms with Crippen molar-refractivity contribution in [3.8, 4) is 0 Å². The summed E-state index contributed by atoms with van der Waals surface area (Å²) < 4.78 is 5.38. The molecule has 3 aliphatic heterocycles. The largest absolute Gasteiger partial charge is 0.378 e. The van der Waals surface area contributed by atoms with E-state index in [4.69, 9.17) is 4.74 Å². The number of urea groups is 1. The molecule has 0 N–H and O–H groups in total. The second-order valence-corrected chi connectivity index (χ2v) is 7.06. The summed E-state index contributed by atoms with van der Waals surface area (Å²) in [4.78, 5) is 21.8. The first kappa shape index (κ1) is 16.7. The van der Waals surface area contributed by atoms with Gasteiger partial charge >= 0.3 is 6.03 Å². The maximum absolute atomic E-state index is 13.0. The van der Waals surface area contributed by atoms with Crippen molar-refractivity contribution in [3.05, 3.63) is 24.3 Å². The van der Waals surface area contributed by atoms with Crippen molar-refractivity contribution in [2.24, 2.45) is 0 Å². The van der Waals surface area contributed by atoms with Gasteiger partial charge < -0.3 is 19.4 Å². The van der Waals surface area contributed by atoms with E-state index in [9.17, 15) is 4.79 Å². The number of rotatable bonds is 3. The van der Waals surface area contributed by atoms with Crippen LogP contribution >= 0.6 is 0 Å². The molecule has 2 saturated heterocycles. The van der Waals surface area contributed by atoms with Crippen molar-refractivity contribution in [2.75, 3.05) is 75.4 Å². The van der Waals surface area contributed by atoms with E-state index in [2.05, 4.69) is 28.0 Å². The Morgan fingerprint density at radius 2 is 1.60 bits per heavy atom. The van der Waals surface area contributed by atoms with Gasteiger partial charge in [-0.1, -0.05) is 12.1 Å². The first-order valence-electron chi connectivity index (χ1n) is 9.53. The van der Waals surface area contributed by atoms with Crippen LogP contribution in [0.3, 0.4) is 0 Å². The molecular weight excluding hydrogens is 316 g/mol. The average Bonchev–Trinajstić information content (AvgIpc) is 3.20. The van der Waals surface area contributed by atoms with E-state index in [1.807, 2.05) is 15.9 Å². The lowest BCUT2D eigenvalue weighted by Gasteiger charge is -2.40. The van der Waals surface area contributed by atoms with Gasteiger partial charge in [0.05, 0.1) is 24.6 Å². The fraction of sp³-hybridized carbons (Fsp3) is 0.632. The zero-order valence-corrected chi connectivity index (χ0v) is 14.9. The molecule has 4 rings (SSSR count). The van der Waals surface area contributed by atoms with Crippen molar-refractivity contribution in [3.63, 3.8) is 0 Å². The molecule has 0 saturated carbocycles. The summed E-state index contributed by atoms with van der Waals surface area (Å²) in [5.74, 6) is 0. The molecule has 2 amide bonds. The van der Waals surface area contributed by atoms with E-state index < -0.39 is 0 Å². The average molecular weight is 344 g/mol. The lowest BCUT2D eigenvalue weighted by molar-refractivity contribution is 0.0548. The zero-order valence-electron chi connectivity index (χ0n) is 14.9. The second kappa shape index (κ2) is 7.62. The highest BCUT2D eigenvalue weighted by Crippen LogP contribution is 2.33. The molecule has 25 heavy (non-hydrogen) atoms. The van der Waals surface area contributed by atoms with E-state index in [0.717, 1.165) is 31.9 Å². The van der Waals surface area contributed by atoms with Crippen LogP contribution in [-0.2, 0) is 4.74 Å². The highest BCUT2D eigenvalue weighted by atomic mass is 16.5. The molecule has 0 unspecified atom stereocenters. The number of amides is 2. The fourth-order valence-electron chi connectivity index (χ4n) is 4.05. The van der Waals surface area contributed by atoms with Gasteiger partial charge in [-0.2, -0.15) is 0 Å². The summed E-state index contributed by atoms with van der Waals surface area (Å²) in [7, 11) is 0. The third kappa shape index (κ3) is 3.60. The van der Waals surface area contributed by atoms with Gasteiger partial charge in [-0.3, -0.25) is 4.90 Å². The first-order valence-corrected chi connectivity index (χ1v) is 9.53. The molecule has 1 aromatic rings. The number of hydrogen-bond donors (Lipinski definition) is 0. The summed E-state index contributed by atoms with van der Waals surface area (Å²) in [6, 6.07) is 8.45. The molecule has 1 aromatic carbocycles. The van der Waals surface area contributed by atoms with Gasteiger partial charge in [-0.05, 0) is 38.1 Å². The molecule has 0 aliphatic carbocycles. The minimum absolute atomic E-state index is 0.120. The van der Waals surface area contributed by atoms with Gasteiger partial charge in [-0.15, -0.1) is 0 Å². The third-order valence-electron chi connectivity index (χ3n) is 5.50. The molecule has 136 valence electrons.